The van der Waals surface area contributed by atoms with E-state index in [-0.39, 0.29) is 0 Å². The first kappa shape index (κ1) is 7.41. The lowest BCUT2D eigenvalue weighted by Gasteiger charge is -2.20. The van der Waals surface area contributed by atoms with Crippen molar-refractivity contribution in [3.63, 3.8) is 0 Å². The van der Waals surface area contributed by atoms with Crippen molar-refractivity contribution in [2.24, 2.45) is 0 Å². The lowest BCUT2D eigenvalue weighted by molar-refractivity contribution is 1.17. The molecule has 1 nitrogen and oxygen atoms in total. The molecule has 0 aliphatic carbocycles. The fourth-order valence-electron chi connectivity index (χ4n) is 1.55. The summed E-state index contributed by atoms with van der Waals surface area (Å²) >= 11 is 0. The Morgan fingerprint density at radius 1 is 1.17 bits per heavy atom. The second kappa shape index (κ2) is 2.67. The van der Waals surface area contributed by atoms with Crippen LogP contribution in [0, 0.1) is 0 Å². The zero-order valence-electron chi connectivity index (χ0n) is 7.52. The van der Waals surface area contributed by atoms with Crippen LogP contribution >= 0.6 is 0 Å². The number of allylic oxidation sites excluding steroid dienone is 1. The van der Waals surface area contributed by atoms with Crippen molar-refractivity contribution in [3.8, 4) is 0 Å². The van der Waals surface area contributed by atoms with Crippen LogP contribution in [0.3, 0.4) is 0 Å². The maximum absolute atomic E-state index is 3.38. The molecule has 1 heterocycles. The van der Waals surface area contributed by atoms with Gasteiger partial charge in [-0.05, 0) is 25.5 Å². The molecule has 0 unspecified atom stereocenters. The highest BCUT2D eigenvalue weighted by Gasteiger charge is 2.10. The average molecular weight is 159 g/mol. The first-order valence-electron chi connectivity index (χ1n) is 4.28. The molecule has 62 valence electrons. The second-order valence-corrected chi connectivity index (χ2v) is 3.30. The van der Waals surface area contributed by atoms with Gasteiger partial charge in [0.15, 0.2) is 0 Å². The Kier molecular flexibility index (Phi) is 1.65. The number of fused-ring (bicyclic) bond motifs is 1. The molecular formula is C11H13N. The lowest BCUT2D eigenvalue weighted by Crippen LogP contribution is -2.10. The van der Waals surface area contributed by atoms with Crippen LogP contribution in [-0.2, 0) is 0 Å². The molecule has 0 saturated carbocycles. The van der Waals surface area contributed by atoms with Crippen molar-refractivity contribution in [2.75, 3.05) is 11.9 Å². The van der Waals surface area contributed by atoms with Gasteiger partial charge in [0, 0.05) is 17.8 Å². The Hall–Kier alpha value is -1.24. The summed E-state index contributed by atoms with van der Waals surface area (Å²) in [6, 6.07) is 8.45. The van der Waals surface area contributed by atoms with Crippen LogP contribution < -0.4 is 5.32 Å². The molecule has 2 rings (SSSR count). The molecule has 1 N–H and O–H groups in total. The zero-order chi connectivity index (χ0) is 8.55. The number of hydrogen-bond acceptors (Lipinski definition) is 1. The van der Waals surface area contributed by atoms with Crippen LogP contribution in [0.1, 0.15) is 19.4 Å². The summed E-state index contributed by atoms with van der Waals surface area (Å²) in [5.74, 6) is 0. The molecule has 1 aromatic carbocycles. The highest BCUT2D eigenvalue weighted by Crippen LogP contribution is 2.29. The summed E-state index contributed by atoms with van der Waals surface area (Å²) in [5, 5.41) is 3.38. The predicted molar refractivity (Wildman–Crippen MR) is 53.2 cm³/mol. The molecule has 12 heavy (non-hydrogen) atoms. The summed E-state index contributed by atoms with van der Waals surface area (Å²) in [6.45, 7) is 5.36. The number of rotatable bonds is 0. The molecule has 1 aliphatic rings. The fourth-order valence-corrected chi connectivity index (χ4v) is 1.55. The Morgan fingerprint density at radius 3 is 2.75 bits per heavy atom. The molecule has 0 aromatic heterocycles. The summed E-state index contributed by atoms with van der Waals surface area (Å²) in [6.07, 6.45) is 0. The molecule has 1 heteroatoms. The van der Waals surface area contributed by atoms with Crippen molar-refractivity contribution in [1.82, 2.24) is 0 Å². The minimum Gasteiger partial charge on any atom is -0.381 e. The molecule has 0 spiro atoms. The molecule has 0 bridgehead atoms. The summed E-state index contributed by atoms with van der Waals surface area (Å²) in [7, 11) is 0. The van der Waals surface area contributed by atoms with E-state index in [0.29, 0.717) is 0 Å². The largest absolute Gasteiger partial charge is 0.381 e. The van der Waals surface area contributed by atoms with E-state index in [1.54, 1.807) is 0 Å². The third-order valence-corrected chi connectivity index (χ3v) is 2.52. The highest BCUT2D eigenvalue weighted by molar-refractivity contribution is 5.80. The number of para-hydroxylation sites is 1. The van der Waals surface area contributed by atoms with Crippen LogP contribution in [-0.4, -0.2) is 6.54 Å². The van der Waals surface area contributed by atoms with E-state index < -0.39 is 0 Å². The first-order chi connectivity index (χ1) is 5.79. The number of hydrogen-bond donors (Lipinski definition) is 1. The molecular weight excluding hydrogens is 146 g/mol. The van der Waals surface area contributed by atoms with Gasteiger partial charge in [-0.3, -0.25) is 0 Å². The topological polar surface area (TPSA) is 12.0 Å². The van der Waals surface area contributed by atoms with Gasteiger partial charge in [0.05, 0.1) is 0 Å². The van der Waals surface area contributed by atoms with E-state index in [4.69, 9.17) is 0 Å². The van der Waals surface area contributed by atoms with Crippen molar-refractivity contribution in [1.29, 1.82) is 0 Å². The standard InChI is InChI=1S/C11H13N/c1-8-7-12-11-6-4-3-5-10(11)9(8)2/h3-6,12H,7H2,1-2H3. The van der Waals surface area contributed by atoms with E-state index in [9.17, 15) is 0 Å². The van der Waals surface area contributed by atoms with E-state index in [0.717, 1.165) is 6.54 Å². The normalized spacial score (nSPS) is 15.5. The third kappa shape index (κ3) is 1.02. The number of anilines is 1. The second-order valence-electron chi connectivity index (χ2n) is 3.30. The Balaban J connectivity index is 2.59. The molecule has 0 atom stereocenters. The van der Waals surface area contributed by atoms with Crippen molar-refractivity contribution >= 4 is 11.3 Å². The maximum atomic E-state index is 3.38. The molecule has 0 saturated heterocycles. The zero-order valence-corrected chi connectivity index (χ0v) is 7.52. The van der Waals surface area contributed by atoms with Gasteiger partial charge in [-0.15, -0.1) is 0 Å². The van der Waals surface area contributed by atoms with Gasteiger partial charge in [-0.2, -0.15) is 0 Å². The first-order valence-corrected chi connectivity index (χ1v) is 4.28. The van der Waals surface area contributed by atoms with Gasteiger partial charge in [0.1, 0.15) is 0 Å². The van der Waals surface area contributed by atoms with E-state index in [1.165, 1.54) is 22.4 Å². The highest BCUT2D eigenvalue weighted by atomic mass is 14.9. The van der Waals surface area contributed by atoms with Crippen LogP contribution in [0.15, 0.2) is 29.8 Å². The van der Waals surface area contributed by atoms with E-state index in [1.807, 2.05) is 0 Å². The molecule has 0 radical (unpaired) electrons. The van der Waals surface area contributed by atoms with Crippen molar-refractivity contribution in [2.45, 2.75) is 13.8 Å². The quantitative estimate of drug-likeness (QED) is 0.613. The van der Waals surface area contributed by atoms with Crippen LogP contribution in [0.4, 0.5) is 5.69 Å². The Bertz CT molecular complexity index is 337. The van der Waals surface area contributed by atoms with Crippen molar-refractivity contribution < 1.29 is 0 Å². The van der Waals surface area contributed by atoms with Gasteiger partial charge >= 0.3 is 0 Å². The minimum atomic E-state index is 0.989. The van der Waals surface area contributed by atoms with Gasteiger partial charge in [-0.1, -0.05) is 23.8 Å². The van der Waals surface area contributed by atoms with Crippen molar-refractivity contribution in [3.05, 3.63) is 35.4 Å². The number of benzene rings is 1. The average Bonchev–Trinajstić information content (AvgIpc) is 2.12. The fraction of sp³-hybridized carbons (Fsp3) is 0.273. The minimum absolute atomic E-state index is 0.989. The molecule has 0 fully saturated rings. The molecule has 1 aliphatic heterocycles. The van der Waals surface area contributed by atoms with Crippen LogP contribution in [0.25, 0.3) is 5.57 Å². The van der Waals surface area contributed by atoms with Gasteiger partial charge in [0.2, 0.25) is 0 Å². The molecule has 1 aromatic rings. The monoisotopic (exact) mass is 159 g/mol. The number of nitrogens with one attached hydrogen (secondary N) is 1. The van der Waals surface area contributed by atoms with E-state index in [2.05, 4.69) is 43.4 Å². The van der Waals surface area contributed by atoms with E-state index >= 15 is 0 Å². The van der Waals surface area contributed by atoms with Gasteiger partial charge in [0.25, 0.3) is 0 Å². The maximum Gasteiger partial charge on any atom is 0.0419 e. The summed E-state index contributed by atoms with van der Waals surface area (Å²) in [5.41, 5.74) is 5.47. The third-order valence-electron chi connectivity index (χ3n) is 2.52. The van der Waals surface area contributed by atoms with Crippen LogP contribution in [0.5, 0.6) is 0 Å². The Labute approximate surface area is 73.1 Å². The molecule has 0 amide bonds. The smallest absolute Gasteiger partial charge is 0.0419 e. The van der Waals surface area contributed by atoms with Gasteiger partial charge in [-0.25, -0.2) is 0 Å². The Morgan fingerprint density at radius 2 is 1.92 bits per heavy atom. The lowest BCUT2D eigenvalue weighted by atomic mass is 9.97. The predicted octanol–water partition coefficient (Wildman–Crippen LogP) is 2.91. The summed E-state index contributed by atoms with van der Waals surface area (Å²) in [4.78, 5) is 0. The summed E-state index contributed by atoms with van der Waals surface area (Å²) < 4.78 is 0. The SMILES string of the molecule is CC1=C(C)c2ccccc2NC1. The van der Waals surface area contributed by atoms with Gasteiger partial charge < -0.3 is 5.32 Å². The van der Waals surface area contributed by atoms with Crippen LogP contribution in [0.2, 0.25) is 0 Å².